The monoisotopic (exact) mass is 1390 g/mol. The minimum absolute atomic E-state index is 0.104. The summed E-state index contributed by atoms with van der Waals surface area (Å²) in [5.74, 6) is -8.76. The van der Waals surface area contributed by atoms with Crippen molar-refractivity contribution in [3.8, 4) is 0 Å². The van der Waals surface area contributed by atoms with E-state index in [1.165, 1.54) is 87.6 Å². The molecule has 10 amide bonds. The molecule has 1 fully saturated rings. The molecule has 1 heterocycles. The number of rotatable bonds is 41. The largest absolute Gasteiger partial charge is 0.390 e. The van der Waals surface area contributed by atoms with Gasteiger partial charge in [-0.05, 0) is 109 Å². The van der Waals surface area contributed by atoms with Gasteiger partial charge in [0.1, 0.15) is 54.4 Å². The molecule has 1 unspecified atom stereocenters. The number of hydrogen-bond acceptors (Lipinski definition) is 17. The summed E-state index contributed by atoms with van der Waals surface area (Å²) in [6, 6.07) is -12.4. The number of aliphatic hydroxyl groups excluding tert-OH is 1. The second-order valence-electron chi connectivity index (χ2n) is 28.8. The third-order valence-electron chi connectivity index (χ3n) is 18.5. The zero-order valence-corrected chi connectivity index (χ0v) is 64.1. The van der Waals surface area contributed by atoms with Crippen LogP contribution >= 0.6 is 0 Å². The third-order valence-corrected chi connectivity index (χ3v) is 20.1. The molecule has 558 valence electrons. The van der Waals surface area contributed by atoms with E-state index in [0.29, 0.717) is 32.7 Å². The Labute approximate surface area is 580 Å². The van der Waals surface area contributed by atoms with Crippen molar-refractivity contribution in [3.05, 3.63) is 12.2 Å². The van der Waals surface area contributed by atoms with Gasteiger partial charge in [0.2, 0.25) is 59.1 Å². The van der Waals surface area contributed by atoms with E-state index in [9.17, 15) is 51.9 Å². The lowest BCUT2D eigenvalue weighted by Crippen LogP contribution is -2.63. The van der Waals surface area contributed by atoms with Gasteiger partial charge in [0.05, 0.1) is 42.9 Å². The van der Waals surface area contributed by atoms with E-state index in [2.05, 4.69) is 26.6 Å². The Morgan fingerprint density at radius 2 is 1.00 bits per heavy atom. The Morgan fingerprint density at radius 1 is 0.526 bits per heavy atom. The maximum Gasteiger partial charge on any atom is 0.246 e. The van der Waals surface area contributed by atoms with Crippen LogP contribution in [-0.4, -0.2) is 279 Å². The van der Waals surface area contributed by atoms with E-state index in [1.54, 1.807) is 68.5 Å². The number of nitrogens with one attached hydrogen (secondary N) is 5. The average molecular weight is 1400 g/mol. The summed E-state index contributed by atoms with van der Waals surface area (Å²) in [6.45, 7) is 33.0. The van der Waals surface area contributed by atoms with Crippen molar-refractivity contribution in [2.75, 3.05) is 93.7 Å². The van der Waals surface area contributed by atoms with Crippen LogP contribution in [0.1, 0.15) is 157 Å². The van der Waals surface area contributed by atoms with Crippen LogP contribution in [-0.2, 0) is 67.3 Å². The van der Waals surface area contributed by atoms with Crippen LogP contribution < -0.4 is 26.6 Å². The number of ether oxygens (including phenoxy) is 1. The number of amides is 10. The van der Waals surface area contributed by atoms with Crippen LogP contribution in [0.25, 0.3) is 0 Å². The first-order chi connectivity index (χ1) is 44.9. The van der Waals surface area contributed by atoms with Crippen molar-refractivity contribution in [1.82, 2.24) is 60.9 Å². The minimum atomic E-state index is -3.02. The molecule has 0 radical (unpaired) electrons. The summed E-state index contributed by atoms with van der Waals surface area (Å²) in [4.78, 5) is 166. The number of ketones is 1. The lowest BCUT2D eigenvalue weighted by Gasteiger charge is -2.41. The molecule has 28 heteroatoms. The number of hydrogen-bond donors (Lipinski definition) is 6. The Bertz CT molecular complexity index is 2750. The van der Waals surface area contributed by atoms with Crippen LogP contribution in [0.3, 0.4) is 0 Å². The van der Waals surface area contributed by atoms with Crippen LogP contribution in [0.4, 0.5) is 0 Å². The zero-order valence-electron chi connectivity index (χ0n) is 63.3. The van der Waals surface area contributed by atoms with Crippen molar-refractivity contribution in [2.45, 2.75) is 229 Å². The number of likely N-dealkylation sites (N-methyl/N-ethyl adjacent to an activating group) is 7. The molecule has 0 aromatic rings. The van der Waals surface area contributed by atoms with Gasteiger partial charge < -0.3 is 65.8 Å². The number of aliphatic hydroxyl groups is 1. The lowest BCUT2D eigenvalue weighted by atomic mass is 9.91. The smallest absolute Gasteiger partial charge is 0.246 e. The van der Waals surface area contributed by atoms with Gasteiger partial charge in [0.25, 0.3) is 0 Å². The van der Waals surface area contributed by atoms with E-state index in [-0.39, 0.29) is 73.3 Å². The fourth-order valence-corrected chi connectivity index (χ4v) is 13.1. The maximum absolute atomic E-state index is 15.1. The molecular formula is C69H126N12O15S. The van der Waals surface area contributed by atoms with Crippen molar-refractivity contribution < 1.29 is 71.0 Å². The predicted molar refractivity (Wildman–Crippen MR) is 376 cm³/mol. The molecule has 97 heavy (non-hydrogen) atoms. The van der Waals surface area contributed by atoms with Gasteiger partial charge in [0.15, 0.2) is 15.6 Å². The molecule has 0 saturated carbocycles. The first-order valence-corrected chi connectivity index (χ1v) is 36.5. The van der Waals surface area contributed by atoms with Gasteiger partial charge >= 0.3 is 0 Å². The fraction of sp³-hybridized carbons (Fsp3) is 0.812. The van der Waals surface area contributed by atoms with Crippen molar-refractivity contribution in [1.29, 1.82) is 0 Å². The Kier molecular flexibility index (Phi) is 38.0. The highest BCUT2D eigenvalue weighted by Gasteiger charge is 2.46. The molecule has 1 aliphatic rings. The van der Waals surface area contributed by atoms with Crippen molar-refractivity contribution >= 4 is 74.7 Å². The standard InChI is InChI=1S/C69H126N12O15S/c1-26-28-29-45(13)59(83)58(63(87)73-51(27-2)65(89)75(20)49(17)50(18)82)80(25)69(93)57(44(11)12)79(24)67(91)54(38-42(7)8)78(23)66(90)53(37-41(5)6)77(22)64(88)48(16)72-60(84)47(15)71-61(85)52(36-40(3)4)76(21)68(92)55(43(9)10)74-62(86)56(70-19)46(14)39-96-33-30-81-31-34-97(94,95)35-32-81/h26,28,40-49,51-59,70,83H,27,29-39H2,1-25H3,(H,71,85)(H,72,84)(H,73,87)(H,74,86)/b28-26+/t45-,46-,47+,48-,49-,51+,52+,53+,54+,55+,56+,57+,58?,59-/m1/s1. The first kappa shape index (κ1) is 88.9. The molecule has 1 saturated heterocycles. The summed E-state index contributed by atoms with van der Waals surface area (Å²) in [5.41, 5.74) is 0. The molecule has 1 rings (SSSR count). The van der Waals surface area contributed by atoms with E-state index < -0.39 is 159 Å². The normalized spacial score (nSPS) is 17.8. The fourth-order valence-electron chi connectivity index (χ4n) is 11.9. The van der Waals surface area contributed by atoms with Gasteiger partial charge in [-0.2, -0.15) is 0 Å². The van der Waals surface area contributed by atoms with Gasteiger partial charge in [-0.15, -0.1) is 0 Å². The highest BCUT2D eigenvalue weighted by molar-refractivity contribution is 7.91. The SMILES string of the molecule is C/C=C/C[C@@H](C)[C@@H](O)C(C(=O)N[C@@H](CC)C(=O)N(C)[C@H](C)C(C)=O)N(C)C(=O)[C@H](C(C)C)N(C)C(=O)[C@H](CC(C)C)N(C)C(=O)[C@H](CC(C)C)N(C)C(=O)[C@@H](C)NC(=O)[C@H](C)NC(=O)[C@H](CC(C)C)N(C)C(=O)[C@@H](NC(=O)[C@@H](NC)[C@H](C)COCCN1CCS(=O)(=O)CC1)C(C)C. The molecular weight excluding hydrogens is 1270 g/mol. The predicted octanol–water partition coefficient (Wildman–Crippen LogP) is 2.33. The maximum atomic E-state index is 15.1. The number of allylic oxidation sites excluding steroid dienone is 2. The number of carbonyl (C=O) groups is 11. The van der Waals surface area contributed by atoms with Gasteiger partial charge in [0, 0.05) is 67.8 Å². The lowest BCUT2D eigenvalue weighted by molar-refractivity contribution is -0.157. The molecule has 0 aromatic heterocycles. The second-order valence-corrected chi connectivity index (χ2v) is 31.1. The molecule has 27 nitrogen and oxygen atoms in total. The molecule has 14 atom stereocenters. The molecule has 0 spiro atoms. The van der Waals surface area contributed by atoms with Crippen molar-refractivity contribution in [2.24, 2.45) is 41.4 Å². The summed E-state index contributed by atoms with van der Waals surface area (Å²) in [6.07, 6.45) is 3.05. The van der Waals surface area contributed by atoms with Gasteiger partial charge in [-0.1, -0.05) is 102 Å². The average Bonchev–Trinajstić information content (AvgIpc) is 0.808. The van der Waals surface area contributed by atoms with E-state index in [1.807, 2.05) is 59.4 Å². The Balaban J connectivity index is 3.48. The van der Waals surface area contributed by atoms with Crippen LogP contribution in [0.2, 0.25) is 0 Å². The third kappa shape index (κ3) is 26.8. The van der Waals surface area contributed by atoms with Gasteiger partial charge in [-0.3, -0.25) is 57.6 Å². The Morgan fingerprint density at radius 3 is 1.46 bits per heavy atom. The zero-order chi connectivity index (χ0) is 75.0. The summed E-state index contributed by atoms with van der Waals surface area (Å²) < 4.78 is 29.6. The number of sulfone groups is 1. The summed E-state index contributed by atoms with van der Waals surface area (Å²) in [7, 11) is 7.20. The highest BCUT2D eigenvalue weighted by Crippen LogP contribution is 2.26. The van der Waals surface area contributed by atoms with Crippen LogP contribution in [0, 0.1) is 41.4 Å². The number of nitrogens with zero attached hydrogens (tertiary/aromatic N) is 7. The summed E-state index contributed by atoms with van der Waals surface area (Å²) in [5, 5.41) is 26.0. The molecule has 1 aliphatic heterocycles. The molecule has 0 bridgehead atoms. The number of carbonyl (C=O) groups excluding carboxylic acids is 11. The van der Waals surface area contributed by atoms with Gasteiger partial charge in [-0.25, -0.2) is 8.42 Å². The van der Waals surface area contributed by atoms with E-state index in [0.717, 1.165) is 4.90 Å². The van der Waals surface area contributed by atoms with Crippen LogP contribution in [0.5, 0.6) is 0 Å². The molecule has 6 N–H and O–H groups in total. The first-order valence-electron chi connectivity index (χ1n) is 34.7. The van der Waals surface area contributed by atoms with E-state index in [4.69, 9.17) is 4.74 Å². The quantitative estimate of drug-likeness (QED) is 0.0378. The molecule has 0 aromatic carbocycles. The molecule has 0 aliphatic carbocycles. The highest BCUT2D eigenvalue weighted by atomic mass is 32.2. The summed E-state index contributed by atoms with van der Waals surface area (Å²) >= 11 is 0. The topological polar surface area (TPSA) is 334 Å². The minimum Gasteiger partial charge on any atom is -0.390 e. The van der Waals surface area contributed by atoms with Crippen LogP contribution in [0.15, 0.2) is 12.2 Å². The second kappa shape index (κ2) is 41.5. The van der Waals surface area contributed by atoms with E-state index >= 15 is 14.4 Å². The Hall–Kier alpha value is -6.10. The number of Topliss-reactive ketones (excluding diaryl/α,β-unsaturated/α-hetero) is 1. The van der Waals surface area contributed by atoms with Crippen molar-refractivity contribution in [3.63, 3.8) is 0 Å².